The van der Waals surface area contributed by atoms with Crippen molar-refractivity contribution in [3.63, 3.8) is 0 Å². The molecule has 0 unspecified atom stereocenters. The second kappa shape index (κ2) is 9.87. The van der Waals surface area contributed by atoms with E-state index in [2.05, 4.69) is 22.3 Å². The number of carbonyl (C=O) groups excluding carboxylic acids is 1. The van der Waals surface area contributed by atoms with Gasteiger partial charge in [-0.05, 0) is 80.5 Å². The third kappa shape index (κ3) is 5.51. The number of carbonyl (C=O) groups is 1. The van der Waals surface area contributed by atoms with Crippen LogP contribution in [0.3, 0.4) is 0 Å². The molecule has 1 aliphatic carbocycles. The van der Waals surface area contributed by atoms with Gasteiger partial charge in [-0.3, -0.25) is 4.79 Å². The Kier molecular flexibility index (Phi) is 6.89. The molecule has 1 aromatic rings. The van der Waals surface area contributed by atoms with Gasteiger partial charge in [0.05, 0.1) is 12.3 Å². The minimum Gasteiger partial charge on any atom is -0.491 e. The van der Waals surface area contributed by atoms with Crippen molar-refractivity contribution in [2.45, 2.75) is 75.7 Å². The van der Waals surface area contributed by atoms with Crippen LogP contribution < -0.4 is 10.1 Å². The lowest BCUT2D eigenvalue weighted by molar-refractivity contribution is -0.118. The number of fused-ring (bicyclic) bond motifs is 2. The van der Waals surface area contributed by atoms with Crippen LogP contribution in [0.15, 0.2) is 18.2 Å². The molecular weight excluding hydrogens is 426 g/mol. The third-order valence-electron chi connectivity index (χ3n) is 8.29. The highest BCUT2D eigenvalue weighted by Gasteiger charge is 2.40. The number of hydrogen-bond acceptors (Lipinski definition) is 4. The number of anilines is 1. The smallest absolute Gasteiger partial charge is 0.248 e. The van der Waals surface area contributed by atoms with Crippen molar-refractivity contribution in [1.82, 2.24) is 4.90 Å². The van der Waals surface area contributed by atoms with E-state index >= 15 is 0 Å². The minimum atomic E-state index is -2.49. The van der Waals surface area contributed by atoms with E-state index in [-0.39, 0.29) is 24.8 Å². The summed E-state index contributed by atoms with van der Waals surface area (Å²) in [5.41, 5.74) is 2.02. The fraction of sp³-hybridized carbons (Fsp3) is 0.731. The number of ether oxygens (including phenoxy) is 2. The van der Waals surface area contributed by atoms with Crippen LogP contribution in [0.1, 0.15) is 69.3 Å². The molecule has 3 fully saturated rings. The molecule has 0 spiro atoms. The second-order valence-electron chi connectivity index (χ2n) is 10.4. The van der Waals surface area contributed by atoms with Crippen LogP contribution in [0, 0.1) is 11.8 Å². The Hall–Kier alpha value is -1.73. The first-order valence-corrected chi connectivity index (χ1v) is 12.7. The van der Waals surface area contributed by atoms with Crippen LogP contribution in [0.25, 0.3) is 0 Å². The topological polar surface area (TPSA) is 50.8 Å². The van der Waals surface area contributed by atoms with Gasteiger partial charge in [-0.1, -0.05) is 6.07 Å². The molecule has 2 atom stereocenters. The molecule has 1 aromatic carbocycles. The zero-order chi connectivity index (χ0) is 22.8. The predicted molar refractivity (Wildman–Crippen MR) is 123 cm³/mol. The maximum Gasteiger partial charge on any atom is 0.248 e. The Morgan fingerprint density at radius 3 is 2.55 bits per heavy atom. The molecule has 0 bridgehead atoms. The zero-order valence-electron chi connectivity index (χ0n) is 19.4. The first kappa shape index (κ1) is 23.0. The van der Waals surface area contributed by atoms with Crippen LogP contribution >= 0.6 is 0 Å². The van der Waals surface area contributed by atoms with Crippen molar-refractivity contribution in [3.05, 3.63) is 23.8 Å². The lowest BCUT2D eigenvalue weighted by Crippen LogP contribution is -2.49. The van der Waals surface area contributed by atoms with Crippen molar-refractivity contribution < 1.29 is 23.0 Å². The van der Waals surface area contributed by atoms with Gasteiger partial charge in [-0.25, -0.2) is 8.78 Å². The van der Waals surface area contributed by atoms with Crippen LogP contribution in [-0.4, -0.2) is 55.7 Å². The normalized spacial score (nSPS) is 29.9. The van der Waals surface area contributed by atoms with Crippen molar-refractivity contribution in [2.24, 2.45) is 11.8 Å². The molecule has 2 saturated heterocycles. The number of nitrogens with one attached hydrogen (secondary N) is 1. The van der Waals surface area contributed by atoms with E-state index in [9.17, 15) is 13.6 Å². The predicted octanol–water partition coefficient (Wildman–Crippen LogP) is 5.21. The monoisotopic (exact) mass is 462 g/mol. The van der Waals surface area contributed by atoms with E-state index in [0.717, 1.165) is 63.4 Å². The molecule has 5 rings (SSSR count). The van der Waals surface area contributed by atoms with Gasteiger partial charge in [0.2, 0.25) is 11.8 Å². The maximum atomic E-state index is 13.6. The van der Waals surface area contributed by atoms with Gasteiger partial charge in [0.15, 0.2) is 0 Å². The molecule has 5 nitrogen and oxygen atoms in total. The van der Waals surface area contributed by atoms with Gasteiger partial charge >= 0.3 is 0 Å². The molecule has 1 amide bonds. The van der Waals surface area contributed by atoms with Crippen LogP contribution in [0.5, 0.6) is 5.75 Å². The number of nitrogens with zero attached hydrogens (tertiary/aromatic N) is 1. The molecule has 0 radical (unpaired) electrons. The Balaban J connectivity index is 1.25. The summed E-state index contributed by atoms with van der Waals surface area (Å²) in [5, 5.41) is 3.13. The van der Waals surface area contributed by atoms with Gasteiger partial charge < -0.3 is 19.7 Å². The molecular formula is C26H36F2N2O3. The number of piperidine rings is 1. The molecule has 7 heteroatoms. The number of rotatable bonds is 2. The van der Waals surface area contributed by atoms with Gasteiger partial charge in [-0.15, -0.1) is 0 Å². The van der Waals surface area contributed by atoms with Crippen molar-refractivity contribution in [1.29, 1.82) is 0 Å². The molecule has 182 valence electrons. The van der Waals surface area contributed by atoms with Crippen LogP contribution in [0.4, 0.5) is 14.5 Å². The van der Waals surface area contributed by atoms with E-state index in [1.165, 1.54) is 5.56 Å². The standard InChI is InChI=1S/C26H36F2N2O3/c27-26(28)9-3-22(4-10-26)30-11-5-20-16-25(31)29-23-15-19(18-6-12-32-13-7-18)1-2-24(23)33-14-8-21(20)17-30/h1-2,15,18,20-22H,3-14,16-17H2,(H,29,31)/t20-,21-/m0/s1. The quantitative estimate of drug-likeness (QED) is 0.656. The summed E-state index contributed by atoms with van der Waals surface area (Å²) < 4.78 is 38.9. The molecule has 1 saturated carbocycles. The minimum absolute atomic E-state index is 0.000429. The van der Waals surface area contributed by atoms with Gasteiger partial charge in [-0.2, -0.15) is 0 Å². The van der Waals surface area contributed by atoms with Crippen LogP contribution in [-0.2, 0) is 9.53 Å². The molecule has 3 heterocycles. The van der Waals surface area contributed by atoms with Crippen molar-refractivity contribution in [3.8, 4) is 5.75 Å². The summed E-state index contributed by atoms with van der Waals surface area (Å²) in [6, 6.07) is 6.45. The summed E-state index contributed by atoms with van der Waals surface area (Å²) in [7, 11) is 0. The Labute approximate surface area is 195 Å². The largest absolute Gasteiger partial charge is 0.491 e. The summed E-state index contributed by atoms with van der Waals surface area (Å²) in [6.45, 7) is 3.96. The Morgan fingerprint density at radius 2 is 1.76 bits per heavy atom. The lowest BCUT2D eigenvalue weighted by Gasteiger charge is -2.44. The fourth-order valence-corrected chi connectivity index (χ4v) is 6.24. The number of likely N-dealkylation sites (tertiary alicyclic amines) is 1. The van der Waals surface area contributed by atoms with Gasteiger partial charge in [0.25, 0.3) is 0 Å². The summed E-state index contributed by atoms with van der Waals surface area (Å²) in [4.78, 5) is 15.4. The lowest BCUT2D eigenvalue weighted by atomic mass is 9.79. The first-order valence-electron chi connectivity index (χ1n) is 12.7. The molecule has 4 aliphatic rings. The average molecular weight is 463 g/mol. The van der Waals surface area contributed by atoms with E-state index in [1.54, 1.807) is 0 Å². The fourth-order valence-electron chi connectivity index (χ4n) is 6.24. The molecule has 3 aliphatic heterocycles. The number of alkyl halides is 2. The highest BCUT2D eigenvalue weighted by atomic mass is 19.3. The van der Waals surface area contributed by atoms with E-state index in [4.69, 9.17) is 9.47 Å². The molecule has 0 aromatic heterocycles. The molecule has 33 heavy (non-hydrogen) atoms. The molecule has 1 N–H and O–H groups in total. The number of halogens is 2. The average Bonchev–Trinajstić information content (AvgIpc) is 2.81. The second-order valence-corrected chi connectivity index (χ2v) is 10.4. The third-order valence-corrected chi connectivity index (χ3v) is 8.29. The SMILES string of the molecule is O=C1C[C@@H]2CCN(C3CCC(F)(F)CC3)C[C@@H]2CCOc2ccc(C3CCOCC3)cc2N1. The Morgan fingerprint density at radius 1 is 0.970 bits per heavy atom. The van der Waals surface area contributed by atoms with E-state index < -0.39 is 5.92 Å². The van der Waals surface area contributed by atoms with Crippen LogP contribution in [0.2, 0.25) is 0 Å². The van der Waals surface area contributed by atoms with Gasteiger partial charge in [0.1, 0.15) is 5.75 Å². The Bertz CT molecular complexity index is 833. The first-order chi connectivity index (χ1) is 16.0. The maximum absolute atomic E-state index is 13.6. The summed E-state index contributed by atoms with van der Waals surface area (Å²) >= 11 is 0. The van der Waals surface area contributed by atoms with Crippen molar-refractivity contribution >= 4 is 11.6 Å². The summed E-state index contributed by atoms with van der Waals surface area (Å²) in [6.07, 6.45) is 5.51. The van der Waals surface area contributed by atoms with E-state index in [0.29, 0.717) is 43.6 Å². The number of benzene rings is 1. The summed E-state index contributed by atoms with van der Waals surface area (Å²) in [5.74, 6) is -0.573. The van der Waals surface area contributed by atoms with Gasteiger partial charge in [0, 0.05) is 45.1 Å². The number of amides is 1. The highest BCUT2D eigenvalue weighted by molar-refractivity contribution is 5.92. The van der Waals surface area contributed by atoms with E-state index in [1.807, 2.05) is 6.07 Å². The highest BCUT2D eigenvalue weighted by Crippen LogP contribution is 2.39. The van der Waals surface area contributed by atoms with Crippen molar-refractivity contribution in [2.75, 3.05) is 38.2 Å². The zero-order valence-corrected chi connectivity index (χ0v) is 19.4. The number of hydrogen-bond donors (Lipinski definition) is 1.